The molecule has 2 fully saturated rings. The lowest BCUT2D eigenvalue weighted by Gasteiger charge is -2.35. The minimum atomic E-state index is 0.108. The summed E-state index contributed by atoms with van der Waals surface area (Å²) >= 11 is 0. The van der Waals surface area contributed by atoms with Crippen molar-refractivity contribution in [3.8, 4) is 0 Å². The summed E-state index contributed by atoms with van der Waals surface area (Å²) in [6.45, 7) is 6.06. The van der Waals surface area contributed by atoms with E-state index in [1.54, 1.807) is 0 Å². The zero-order valence-electron chi connectivity index (χ0n) is 9.46. The third kappa shape index (κ3) is 2.32. The van der Waals surface area contributed by atoms with Gasteiger partial charge in [0, 0.05) is 19.1 Å². The van der Waals surface area contributed by atoms with Crippen LogP contribution in [0.4, 0.5) is 0 Å². The summed E-state index contributed by atoms with van der Waals surface area (Å²) in [6.07, 6.45) is 3.17. The van der Waals surface area contributed by atoms with Gasteiger partial charge in [0.05, 0.1) is 6.04 Å². The van der Waals surface area contributed by atoms with Crippen molar-refractivity contribution in [3.63, 3.8) is 0 Å². The summed E-state index contributed by atoms with van der Waals surface area (Å²) in [5.74, 6) is 0.316. The molecule has 86 valence electrons. The van der Waals surface area contributed by atoms with Crippen molar-refractivity contribution in [3.05, 3.63) is 0 Å². The standard InChI is InChI=1S/C11H21N3O/c1-2-7-14(9-3-5-12-8-9)11(15)10-4-6-13-10/h9-10,12-13H,2-8H2,1H3/t9?,10-/m1/s1. The molecule has 0 radical (unpaired) electrons. The lowest BCUT2D eigenvalue weighted by atomic mass is 10.0. The Kier molecular flexibility index (Phi) is 3.59. The van der Waals surface area contributed by atoms with E-state index in [2.05, 4.69) is 22.5 Å². The molecule has 1 amide bonds. The predicted octanol–water partition coefficient (Wildman–Crippen LogP) is -0.0512. The molecule has 0 aromatic rings. The fraction of sp³-hybridized carbons (Fsp3) is 0.909. The molecule has 0 aromatic carbocycles. The molecule has 4 nitrogen and oxygen atoms in total. The first-order chi connectivity index (χ1) is 7.33. The van der Waals surface area contributed by atoms with Gasteiger partial charge in [0.2, 0.25) is 5.91 Å². The summed E-state index contributed by atoms with van der Waals surface area (Å²) < 4.78 is 0. The normalized spacial score (nSPS) is 29.9. The van der Waals surface area contributed by atoms with Crippen molar-refractivity contribution < 1.29 is 4.79 Å². The van der Waals surface area contributed by atoms with Crippen molar-refractivity contribution in [2.24, 2.45) is 0 Å². The molecule has 1 unspecified atom stereocenters. The Hall–Kier alpha value is -0.610. The first-order valence-corrected chi connectivity index (χ1v) is 6.07. The molecule has 15 heavy (non-hydrogen) atoms. The number of carbonyl (C=O) groups excluding carboxylic acids is 1. The lowest BCUT2D eigenvalue weighted by molar-refractivity contribution is -0.137. The molecule has 4 heteroatoms. The second-order valence-electron chi connectivity index (χ2n) is 4.47. The summed E-state index contributed by atoms with van der Waals surface area (Å²) in [4.78, 5) is 14.2. The van der Waals surface area contributed by atoms with Crippen molar-refractivity contribution in [1.82, 2.24) is 15.5 Å². The minimum Gasteiger partial charge on any atom is -0.337 e. The van der Waals surface area contributed by atoms with E-state index in [-0.39, 0.29) is 6.04 Å². The topological polar surface area (TPSA) is 44.4 Å². The van der Waals surface area contributed by atoms with Gasteiger partial charge in [0.1, 0.15) is 0 Å². The van der Waals surface area contributed by atoms with E-state index in [4.69, 9.17) is 0 Å². The molecule has 2 atom stereocenters. The Morgan fingerprint density at radius 1 is 1.40 bits per heavy atom. The summed E-state index contributed by atoms with van der Waals surface area (Å²) in [7, 11) is 0. The maximum absolute atomic E-state index is 12.1. The molecular formula is C11H21N3O. The largest absolute Gasteiger partial charge is 0.337 e. The first kappa shape index (κ1) is 10.9. The van der Waals surface area contributed by atoms with Crippen molar-refractivity contribution in [2.75, 3.05) is 26.2 Å². The molecule has 0 aliphatic carbocycles. The van der Waals surface area contributed by atoms with Crippen molar-refractivity contribution in [1.29, 1.82) is 0 Å². The summed E-state index contributed by atoms with van der Waals surface area (Å²) in [5.41, 5.74) is 0. The van der Waals surface area contributed by atoms with Gasteiger partial charge < -0.3 is 15.5 Å². The van der Waals surface area contributed by atoms with Crippen LogP contribution in [-0.2, 0) is 4.79 Å². The molecule has 2 rings (SSSR count). The Balaban J connectivity index is 1.94. The second-order valence-corrected chi connectivity index (χ2v) is 4.47. The molecule has 2 N–H and O–H groups in total. The Morgan fingerprint density at radius 2 is 2.20 bits per heavy atom. The SMILES string of the molecule is CCCN(C(=O)[C@H]1CCN1)C1CCNC1. The molecule has 0 saturated carbocycles. The van der Waals surface area contributed by atoms with Crippen LogP contribution in [0.25, 0.3) is 0 Å². The van der Waals surface area contributed by atoms with E-state index in [0.29, 0.717) is 11.9 Å². The highest BCUT2D eigenvalue weighted by Crippen LogP contribution is 2.14. The van der Waals surface area contributed by atoms with Gasteiger partial charge in [-0.2, -0.15) is 0 Å². The third-order valence-electron chi connectivity index (χ3n) is 3.34. The summed E-state index contributed by atoms with van der Waals surface area (Å²) in [5, 5.41) is 6.52. The third-order valence-corrected chi connectivity index (χ3v) is 3.34. The van der Waals surface area contributed by atoms with E-state index >= 15 is 0 Å². The quantitative estimate of drug-likeness (QED) is 0.685. The maximum Gasteiger partial charge on any atom is 0.240 e. The highest BCUT2D eigenvalue weighted by atomic mass is 16.2. The van der Waals surface area contributed by atoms with Crippen molar-refractivity contribution in [2.45, 2.75) is 38.3 Å². The molecule has 2 saturated heterocycles. The van der Waals surface area contributed by atoms with Gasteiger partial charge in [-0.3, -0.25) is 4.79 Å². The van der Waals surface area contributed by atoms with Gasteiger partial charge in [0.15, 0.2) is 0 Å². The zero-order valence-corrected chi connectivity index (χ0v) is 9.46. The molecule has 0 bridgehead atoms. The van der Waals surface area contributed by atoms with Gasteiger partial charge in [0.25, 0.3) is 0 Å². The predicted molar refractivity (Wildman–Crippen MR) is 59.7 cm³/mol. The van der Waals surface area contributed by atoms with E-state index in [0.717, 1.165) is 45.4 Å². The maximum atomic E-state index is 12.1. The number of carbonyl (C=O) groups is 1. The molecule has 2 aliphatic rings. The summed E-state index contributed by atoms with van der Waals surface area (Å²) in [6, 6.07) is 0.539. The fourth-order valence-electron chi connectivity index (χ4n) is 2.32. The van der Waals surface area contributed by atoms with Crippen LogP contribution in [0.15, 0.2) is 0 Å². The first-order valence-electron chi connectivity index (χ1n) is 6.07. The van der Waals surface area contributed by atoms with Crippen LogP contribution in [-0.4, -0.2) is 49.1 Å². The number of nitrogens with one attached hydrogen (secondary N) is 2. The average Bonchev–Trinajstić information content (AvgIpc) is 2.63. The second kappa shape index (κ2) is 4.94. The number of nitrogens with zero attached hydrogens (tertiary/aromatic N) is 1. The van der Waals surface area contributed by atoms with E-state index < -0.39 is 0 Å². The van der Waals surface area contributed by atoms with Crippen LogP contribution < -0.4 is 10.6 Å². The van der Waals surface area contributed by atoms with Crippen LogP contribution >= 0.6 is 0 Å². The van der Waals surface area contributed by atoms with Crippen LogP contribution in [0.3, 0.4) is 0 Å². The monoisotopic (exact) mass is 211 g/mol. The number of rotatable bonds is 4. The lowest BCUT2D eigenvalue weighted by Crippen LogP contribution is -2.57. The Morgan fingerprint density at radius 3 is 2.67 bits per heavy atom. The molecule has 2 heterocycles. The van der Waals surface area contributed by atoms with Crippen LogP contribution in [0.2, 0.25) is 0 Å². The number of hydrogen-bond donors (Lipinski definition) is 2. The number of amides is 1. The molecule has 0 aromatic heterocycles. The van der Waals surface area contributed by atoms with Crippen LogP contribution in [0.1, 0.15) is 26.2 Å². The smallest absolute Gasteiger partial charge is 0.240 e. The highest BCUT2D eigenvalue weighted by molar-refractivity contribution is 5.83. The van der Waals surface area contributed by atoms with Crippen molar-refractivity contribution >= 4 is 5.91 Å². The van der Waals surface area contributed by atoms with Gasteiger partial charge >= 0.3 is 0 Å². The van der Waals surface area contributed by atoms with E-state index in [1.807, 2.05) is 0 Å². The van der Waals surface area contributed by atoms with E-state index in [9.17, 15) is 4.79 Å². The molecular weight excluding hydrogens is 190 g/mol. The Labute approximate surface area is 91.4 Å². The van der Waals surface area contributed by atoms with Crippen LogP contribution in [0, 0.1) is 0 Å². The van der Waals surface area contributed by atoms with Gasteiger partial charge in [-0.25, -0.2) is 0 Å². The Bertz CT molecular complexity index is 222. The molecule has 0 spiro atoms. The van der Waals surface area contributed by atoms with Gasteiger partial charge in [-0.05, 0) is 32.4 Å². The highest BCUT2D eigenvalue weighted by Gasteiger charge is 2.33. The average molecular weight is 211 g/mol. The van der Waals surface area contributed by atoms with Crippen LogP contribution in [0.5, 0.6) is 0 Å². The zero-order chi connectivity index (χ0) is 10.7. The fourth-order valence-corrected chi connectivity index (χ4v) is 2.32. The number of hydrogen-bond acceptors (Lipinski definition) is 3. The van der Waals surface area contributed by atoms with Gasteiger partial charge in [-0.1, -0.05) is 6.92 Å². The van der Waals surface area contributed by atoms with Gasteiger partial charge in [-0.15, -0.1) is 0 Å². The minimum absolute atomic E-state index is 0.108. The molecule has 2 aliphatic heterocycles. The van der Waals surface area contributed by atoms with E-state index in [1.165, 1.54) is 0 Å².